The van der Waals surface area contributed by atoms with E-state index in [9.17, 15) is 9.59 Å². The van der Waals surface area contributed by atoms with Crippen molar-refractivity contribution in [2.45, 2.75) is 71.8 Å². The Labute approximate surface area is 162 Å². The zero-order valence-electron chi connectivity index (χ0n) is 16.9. The summed E-state index contributed by atoms with van der Waals surface area (Å²) in [7, 11) is 0. The predicted octanol–water partition coefficient (Wildman–Crippen LogP) is 5.23. The Hall–Kier alpha value is -1.58. The zero-order valence-corrected chi connectivity index (χ0v) is 16.9. The van der Waals surface area contributed by atoms with Gasteiger partial charge in [0.15, 0.2) is 5.78 Å². The maximum absolute atomic E-state index is 12.1. The third kappa shape index (κ3) is 2.78. The topological polar surface area (TPSA) is 52.6 Å². The average molecular weight is 373 g/mol. The van der Waals surface area contributed by atoms with Crippen LogP contribution in [0.15, 0.2) is 23.8 Å². The summed E-state index contributed by atoms with van der Waals surface area (Å²) in [4.78, 5) is 24.1. The van der Waals surface area contributed by atoms with Gasteiger partial charge in [-0.25, -0.2) is 4.79 Å². The molecule has 0 bridgehead atoms. The lowest BCUT2D eigenvalue weighted by atomic mass is 9.47. The highest BCUT2D eigenvalue weighted by Gasteiger charge is 2.60. The molecule has 4 nitrogen and oxygen atoms in total. The molecule has 4 aliphatic rings. The van der Waals surface area contributed by atoms with Crippen molar-refractivity contribution in [2.24, 2.45) is 28.6 Å². The molecule has 0 aromatic rings. The molecule has 0 spiro atoms. The van der Waals surface area contributed by atoms with E-state index in [-0.39, 0.29) is 22.7 Å². The summed E-state index contributed by atoms with van der Waals surface area (Å²) in [6, 6.07) is 0. The first kappa shape index (κ1) is 18.8. The highest BCUT2D eigenvalue weighted by atomic mass is 16.7. The first-order valence-electron chi connectivity index (χ1n) is 10.6. The van der Waals surface area contributed by atoms with Gasteiger partial charge >= 0.3 is 6.16 Å². The number of carbonyl (C=O) groups is 2. The highest BCUT2D eigenvalue weighted by molar-refractivity contribution is 6.05. The van der Waals surface area contributed by atoms with Crippen LogP contribution in [0.3, 0.4) is 0 Å². The molecule has 0 unspecified atom stereocenters. The van der Waals surface area contributed by atoms with Crippen molar-refractivity contribution in [1.29, 1.82) is 0 Å². The van der Waals surface area contributed by atoms with E-state index >= 15 is 0 Å². The van der Waals surface area contributed by atoms with Crippen LogP contribution in [-0.4, -0.2) is 24.6 Å². The molecule has 27 heavy (non-hydrogen) atoms. The Morgan fingerprint density at radius 3 is 2.74 bits per heavy atom. The Kier molecular flexibility index (Phi) is 4.51. The van der Waals surface area contributed by atoms with Crippen molar-refractivity contribution in [3.8, 4) is 0 Å². The van der Waals surface area contributed by atoms with E-state index < -0.39 is 6.16 Å². The number of ketones is 1. The van der Waals surface area contributed by atoms with Gasteiger partial charge in [0, 0.05) is 5.41 Å². The number of hydrogen-bond donors (Lipinski definition) is 0. The Balaban J connectivity index is 1.58. The van der Waals surface area contributed by atoms with Crippen LogP contribution in [-0.2, 0) is 14.3 Å². The van der Waals surface area contributed by atoms with E-state index in [1.165, 1.54) is 5.57 Å². The number of hydrogen-bond acceptors (Lipinski definition) is 4. The fourth-order valence-electron chi connectivity index (χ4n) is 7.01. The molecule has 4 aliphatic carbocycles. The quantitative estimate of drug-likeness (QED) is 0.492. The molecule has 0 N–H and O–H groups in total. The summed E-state index contributed by atoms with van der Waals surface area (Å²) < 4.78 is 10.8. The fourth-order valence-corrected chi connectivity index (χ4v) is 7.01. The number of rotatable bonds is 2. The fraction of sp³-hybridized carbons (Fsp3) is 0.739. The minimum atomic E-state index is -0.519. The van der Waals surface area contributed by atoms with Crippen LogP contribution in [0.4, 0.5) is 4.79 Å². The second kappa shape index (κ2) is 6.49. The predicted molar refractivity (Wildman–Crippen MR) is 103 cm³/mol. The Bertz CT molecular complexity index is 707. The second-order valence-corrected chi connectivity index (χ2v) is 9.56. The first-order valence-corrected chi connectivity index (χ1v) is 10.6. The molecule has 0 aliphatic heterocycles. The van der Waals surface area contributed by atoms with Gasteiger partial charge in [-0.05, 0) is 86.7 Å². The third-order valence-electron chi connectivity index (χ3n) is 8.38. The van der Waals surface area contributed by atoms with Crippen LogP contribution in [0.25, 0.3) is 0 Å². The summed E-state index contributed by atoms with van der Waals surface area (Å²) in [6.07, 6.45) is 8.59. The van der Waals surface area contributed by atoms with Gasteiger partial charge in [0.25, 0.3) is 0 Å². The molecule has 3 saturated carbocycles. The van der Waals surface area contributed by atoms with Gasteiger partial charge in [0.05, 0.1) is 6.61 Å². The number of fused-ring (bicyclic) bond motifs is 5. The lowest BCUT2D eigenvalue weighted by Crippen LogP contribution is -2.51. The summed E-state index contributed by atoms with van der Waals surface area (Å²) in [5.41, 5.74) is 2.25. The van der Waals surface area contributed by atoms with Crippen molar-refractivity contribution < 1.29 is 19.1 Å². The molecule has 0 amide bonds. The van der Waals surface area contributed by atoms with Crippen molar-refractivity contribution >= 4 is 11.9 Å². The van der Waals surface area contributed by atoms with E-state index in [1.54, 1.807) is 0 Å². The van der Waals surface area contributed by atoms with Crippen molar-refractivity contribution in [3.63, 3.8) is 0 Å². The van der Waals surface area contributed by atoms with Crippen molar-refractivity contribution in [2.75, 3.05) is 6.61 Å². The summed E-state index contributed by atoms with van der Waals surface area (Å²) in [5, 5.41) is 0. The van der Waals surface area contributed by atoms with Gasteiger partial charge in [0.1, 0.15) is 6.10 Å². The van der Waals surface area contributed by atoms with Crippen LogP contribution in [0.1, 0.15) is 65.7 Å². The van der Waals surface area contributed by atoms with Crippen LogP contribution >= 0.6 is 0 Å². The lowest BCUT2D eigenvalue weighted by Gasteiger charge is -2.57. The third-order valence-corrected chi connectivity index (χ3v) is 8.38. The molecule has 3 fully saturated rings. The van der Waals surface area contributed by atoms with Gasteiger partial charge in [-0.3, -0.25) is 4.79 Å². The van der Waals surface area contributed by atoms with E-state index in [2.05, 4.69) is 20.4 Å². The monoisotopic (exact) mass is 372 g/mol. The van der Waals surface area contributed by atoms with Crippen LogP contribution in [0.2, 0.25) is 0 Å². The minimum Gasteiger partial charge on any atom is -0.435 e. The zero-order chi connectivity index (χ0) is 19.4. The van der Waals surface area contributed by atoms with Gasteiger partial charge in [-0.2, -0.15) is 0 Å². The number of carbonyl (C=O) groups excluding carboxylic acids is 2. The van der Waals surface area contributed by atoms with Gasteiger partial charge < -0.3 is 9.47 Å². The van der Waals surface area contributed by atoms with Crippen LogP contribution in [0, 0.1) is 28.6 Å². The largest absolute Gasteiger partial charge is 0.508 e. The van der Waals surface area contributed by atoms with Crippen molar-refractivity contribution in [3.05, 3.63) is 23.8 Å². The van der Waals surface area contributed by atoms with Gasteiger partial charge in [0.2, 0.25) is 0 Å². The van der Waals surface area contributed by atoms with E-state index in [0.29, 0.717) is 24.4 Å². The van der Waals surface area contributed by atoms with Crippen LogP contribution < -0.4 is 0 Å². The maximum Gasteiger partial charge on any atom is 0.508 e. The van der Waals surface area contributed by atoms with Gasteiger partial charge in [-0.15, -0.1) is 0 Å². The van der Waals surface area contributed by atoms with Crippen molar-refractivity contribution in [1.82, 2.24) is 0 Å². The summed E-state index contributed by atoms with van der Waals surface area (Å²) >= 11 is 0. The standard InChI is InChI=1S/C23H32O4/c1-5-26-21(25)27-20-9-8-17-16-7-6-15-12-19(24)14(2)13-23(15,4)18(16)10-11-22(17,20)3/h12,16-18,20H,2,5-11,13H2,1,3-4H3/t16-,17-,18-,20+,22-,23-/m0/s1. The maximum atomic E-state index is 12.1. The molecule has 6 atom stereocenters. The molecule has 0 saturated heterocycles. The molecule has 148 valence electrons. The Morgan fingerprint density at radius 1 is 1.22 bits per heavy atom. The summed E-state index contributed by atoms with van der Waals surface area (Å²) in [5.74, 6) is 1.95. The van der Waals surface area contributed by atoms with E-state index in [4.69, 9.17) is 9.47 Å². The molecular weight excluding hydrogens is 340 g/mol. The van der Waals surface area contributed by atoms with Crippen LogP contribution in [0.5, 0.6) is 0 Å². The number of allylic oxidation sites excluding steroid dienone is 2. The number of ether oxygens (including phenoxy) is 2. The Morgan fingerprint density at radius 2 is 2.00 bits per heavy atom. The van der Waals surface area contributed by atoms with E-state index in [1.807, 2.05) is 13.0 Å². The van der Waals surface area contributed by atoms with E-state index in [0.717, 1.165) is 50.5 Å². The molecule has 4 heteroatoms. The molecule has 0 aromatic carbocycles. The second-order valence-electron chi connectivity index (χ2n) is 9.56. The SMILES string of the molecule is C=C1C[C@@]2(C)C(=CC1=O)CC[C@H]1[C@@H]3CC[C@@H](OC(=O)OCC)[C@@]3(C)CC[C@@H]12. The molecule has 4 rings (SSSR count). The molecular formula is C23H32O4. The molecule has 0 heterocycles. The van der Waals surface area contributed by atoms with Gasteiger partial charge in [-0.1, -0.05) is 26.0 Å². The lowest BCUT2D eigenvalue weighted by molar-refractivity contribution is -0.113. The molecule has 0 radical (unpaired) electrons. The first-order chi connectivity index (χ1) is 12.8. The smallest absolute Gasteiger partial charge is 0.435 e. The highest BCUT2D eigenvalue weighted by Crippen LogP contribution is 2.65. The normalized spacial score (nSPS) is 43.3. The minimum absolute atomic E-state index is 0.0323. The molecule has 0 aromatic heterocycles. The summed E-state index contributed by atoms with van der Waals surface area (Å²) in [6.45, 7) is 10.9. The average Bonchev–Trinajstić information content (AvgIpc) is 2.93.